The molecule has 2 aromatic rings. The van der Waals surface area contributed by atoms with Crippen LogP contribution >= 0.6 is 0 Å². The molecule has 0 spiro atoms. The monoisotopic (exact) mass is 250 g/mol. The lowest BCUT2D eigenvalue weighted by molar-refractivity contribution is 0.0172. The van der Waals surface area contributed by atoms with Gasteiger partial charge in [-0.05, 0) is 35.4 Å². The molecule has 94 valence electrons. The fraction of sp³-hybridized carbons (Fsp3) is 0.143. The molecule has 0 saturated carbocycles. The predicted molar refractivity (Wildman–Crippen MR) is 62.7 cm³/mol. The van der Waals surface area contributed by atoms with E-state index in [9.17, 15) is 19.0 Å². The Hall–Kier alpha value is -1.78. The van der Waals surface area contributed by atoms with Crippen LogP contribution < -0.4 is 0 Å². The lowest BCUT2D eigenvalue weighted by Gasteiger charge is -2.18. The van der Waals surface area contributed by atoms with Gasteiger partial charge in [0.05, 0.1) is 0 Å². The van der Waals surface area contributed by atoms with Crippen LogP contribution in [0, 0.1) is 11.6 Å². The highest BCUT2D eigenvalue weighted by Gasteiger charge is 2.20. The van der Waals surface area contributed by atoms with E-state index in [4.69, 9.17) is 0 Å². The van der Waals surface area contributed by atoms with Crippen molar-refractivity contribution < 1.29 is 19.0 Å². The minimum atomic E-state index is -1.18. The van der Waals surface area contributed by atoms with Gasteiger partial charge in [-0.25, -0.2) is 8.78 Å². The van der Waals surface area contributed by atoms with Crippen LogP contribution in [0.25, 0.3) is 0 Å². The van der Waals surface area contributed by atoms with Gasteiger partial charge >= 0.3 is 0 Å². The number of hydrogen-bond acceptors (Lipinski definition) is 2. The first-order chi connectivity index (χ1) is 8.58. The summed E-state index contributed by atoms with van der Waals surface area (Å²) in [5.74, 6) is -0.829. The van der Waals surface area contributed by atoms with Crippen LogP contribution in [0.1, 0.15) is 23.3 Å². The van der Waals surface area contributed by atoms with Gasteiger partial charge in [0, 0.05) is 0 Å². The molecule has 2 rings (SSSR count). The van der Waals surface area contributed by atoms with Gasteiger partial charge in [-0.1, -0.05) is 24.3 Å². The number of aliphatic hydroxyl groups excluding tert-OH is 2. The summed E-state index contributed by atoms with van der Waals surface area (Å²) in [6, 6.07) is 10.4. The molecule has 0 bridgehead atoms. The predicted octanol–water partition coefficient (Wildman–Crippen LogP) is 2.73. The molecule has 0 heterocycles. The zero-order chi connectivity index (χ0) is 13.1. The van der Waals surface area contributed by atoms with E-state index in [2.05, 4.69) is 0 Å². The summed E-state index contributed by atoms with van der Waals surface area (Å²) >= 11 is 0. The summed E-state index contributed by atoms with van der Waals surface area (Å²) in [6.07, 6.45) is -2.37. The molecular weight excluding hydrogens is 238 g/mol. The average molecular weight is 250 g/mol. The zero-order valence-corrected chi connectivity index (χ0v) is 9.42. The summed E-state index contributed by atoms with van der Waals surface area (Å²) in [4.78, 5) is 0. The van der Waals surface area contributed by atoms with Crippen LogP contribution in [0.15, 0.2) is 48.5 Å². The van der Waals surface area contributed by atoms with Crippen molar-refractivity contribution in [2.24, 2.45) is 0 Å². The molecule has 0 aliphatic heterocycles. The molecule has 2 nitrogen and oxygen atoms in total. The van der Waals surface area contributed by atoms with Gasteiger partial charge in [-0.2, -0.15) is 0 Å². The fourth-order valence-corrected chi connectivity index (χ4v) is 1.68. The minimum Gasteiger partial charge on any atom is -0.385 e. The second-order valence-corrected chi connectivity index (χ2v) is 3.99. The first-order valence-electron chi connectivity index (χ1n) is 5.45. The average Bonchev–Trinajstić information content (AvgIpc) is 2.39. The van der Waals surface area contributed by atoms with E-state index < -0.39 is 23.8 Å². The fourth-order valence-electron chi connectivity index (χ4n) is 1.68. The lowest BCUT2D eigenvalue weighted by Crippen LogP contribution is -2.10. The SMILES string of the molecule is O[C@H](c1ccc(F)cc1)[C@H](O)c1ccc(F)cc1. The van der Waals surface area contributed by atoms with Crippen molar-refractivity contribution in [3.8, 4) is 0 Å². The van der Waals surface area contributed by atoms with E-state index >= 15 is 0 Å². The van der Waals surface area contributed by atoms with Gasteiger partial charge in [0.15, 0.2) is 0 Å². The molecule has 0 radical (unpaired) electrons. The molecule has 0 amide bonds. The van der Waals surface area contributed by atoms with E-state index in [0.717, 1.165) is 0 Å². The van der Waals surface area contributed by atoms with Gasteiger partial charge in [-0.3, -0.25) is 0 Å². The number of halogens is 2. The molecule has 0 fully saturated rings. The van der Waals surface area contributed by atoms with Crippen molar-refractivity contribution in [2.75, 3.05) is 0 Å². The molecule has 2 atom stereocenters. The molecule has 2 N–H and O–H groups in total. The molecule has 0 unspecified atom stereocenters. The topological polar surface area (TPSA) is 40.5 Å². The molecule has 0 saturated heterocycles. The largest absolute Gasteiger partial charge is 0.385 e. The maximum absolute atomic E-state index is 12.7. The Bertz CT molecular complexity index is 459. The van der Waals surface area contributed by atoms with Gasteiger partial charge < -0.3 is 10.2 Å². The van der Waals surface area contributed by atoms with Crippen molar-refractivity contribution in [3.05, 3.63) is 71.3 Å². The standard InChI is InChI=1S/C14H12F2O2/c15-11-5-1-9(2-6-11)13(17)14(18)10-3-7-12(16)8-4-10/h1-8,13-14,17-18H/t13-,14-/m1/s1. The highest BCUT2D eigenvalue weighted by Crippen LogP contribution is 2.28. The maximum atomic E-state index is 12.7. The Labute approximate surface area is 103 Å². The van der Waals surface area contributed by atoms with Gasteiger partial charge in [0.25, 0.3) is 0 Å². The maximum Gasteiger partial charge on any atom is 0.123 e. The van der Waals surface area contributed by atoms with Crippen molar-refractivity contribution >= 4 is 0 Å². The van der Waals surface area contributed by atoms with Crippen LogP contribution in [0.5, 0.6) is 0 Å². The smallest absolute Gasteiger partial charge is 0.123 e. The van der Waals surface area contributed by atoms with Crippen LogP contribution in [0.2, 0.25) is 0 Å². The van der Waals surface area contributed by atoms with Crippen LogP contribution in [0.4, 0.5) is 8.78 Å². The van der Waals surface area contributed by atoms with Crippen LogP contribution in [0.3, 0.4) is 0 Å². The number of benzene rings is 2. The van der Waals surface area contributed by atoms with Gasteiger partial charge in [-0.15, -0.1) is 0 Å². The molecule has 0 aromatic heterocycles. The third kappa shape index (κ3) is 2.72. The summed E-state index contributed by atoms with van der Waals surface area (Å²) in [5, 5.41) is 19.9. The van der Waals surface area contributed by atoms with E-state index in [1.165, 1.54) is 48.5 Å². The third-order valence-corrected chi connectivity index (χ3v) is 2.72. The van der Waals surface area contributed by atoms with E-state index in [0.29, 0.717) is 11.1 Å². The Morgan fingerprint density at radius 3 is 1.17 bits per heavy atom. The Morgan fingerprint density at radius 2 is 0.889 bits per heavy atom. The molecule has 18 heavy (non-hydrogen) atoms. The van der Waals surface area contributed by atoms with E-state index in [-0.39, 0.29) is 0 Å². The highest BCUT2D eigenvalue weighted by atomic mass is 19.1. The number of rotatable bonds is 3. The second kappa shape index (κ2) is 5.25. The normalized spacial score (nSPS) is 14.2. The van der Waals surface area contributed by atoms with Gasteiger partial charge in [0.2, 0.25) is 0 Å². The molecular formula is C14H12F2O2. The molecule has 0 aliphatic carbocycles. The summed E-state index contributed by atoms with van der Waals surface area (Å²) in [6.45, 7) is 0. The lowest BCUT2D eigenvalue weighted by atomic mass is 9.98. The van der Waals surface area contributed by atoms with Crippen molar-refractivity contribution in [2.45, 2.75) is 12.2 Å². The molecule has 4 heteroatoms. The Morgan fingerprint density at radius 1 is 0.611 bits per heavy atom. The molecule has 0 aliphatic rings. The minimum absolute atomic E-state index is 0.397. The van der Waals surface area contributed by atoms with Gasteiger partial charge in [0.1, 0.15) is 23.8 Å². The summed E-state index contributed by atoms with van der Waals surface area (Å²) in [5.41, 5.74) is 0.793. The first kappa shape index (κ1) is 12.7. The first-order valence-corrected chi connectivity index (χ1v) is 5.45. The third-order valence-electron chi connectivity index (χ3n) is 2.72. The van der Waals surface area contributed by atoms with Crippen molar-refractivity contribution in [3.63, 3.8) is 0 Å². The van der Waals surface area contributed by atoms with Crippen LogP contribution in [-0.2, 0) is 0 Å². The Kier molecular flexibility index (Phi) is 3.69. The quantitative estimate of drug-likeness (QED) is 0.879. The summed E-state index contributed by atoms with van der Waals surface area (Å²) < 4.78 is 25.5. The summed E-state index contributed by atoms with van der Waals surface area (Å²) in [7, 11) is 0. The highest BCUT2D eigenvalue weighted by molar-refractivity contribution is 5.25. The zero-order valence-electron chi connectivity index (χ0n) is 9.42. The number of aliphatic hydroxyl groups is 2. The van der Waals surface area contributed by atoms with Crippen LogP contribution in [-0.4, -0.2) is 10.2 Å². The van der Waals surface area contributed by atoms with E-state index in [1.807, 2.05) is 0 Å². The van der Waals surface area contributed by atoms with Crippen molar-refractivity contribution in [1.29, 1.82) is 0 Å². The Balaban J connectivity index is 2.20. The van der Waals surface area contributed by atoms with E-state index in [1.54, 1.807) is 0 Å². The van der Waals surface area contributed by atoms with Crippen molar-refractivity contribution in [1.82, 2.24) is 0 Å². The molecule has 2 aromatic carbocycles. The number of hydrogen-bond donors (Lipinski definition) is 2. The second-order valence-electron chi connectivity index (χ2n) is 3.99.